The number of benzene rings is 1. The molecule has 0 saturated carbocycles. The minimum Gasteiger partial charge on any atom is -0.339 e. The highest BCUT2D eigenvalue weighted by Gasteiger charge is 2.32. The number of nitrogens with one attached hydrogen (secondary N) is 1. The topological polar surface area (TPSA) is 49.4 Å². The van der Waals surface area contributed by atoms with Crippen molar-refractivity contribution in [2.45, 2.75) is 30.3 Å². The average molecular weight is 356 g/mol. The van der Waals surface area contributed by atoms with Gasteiger partial charge in [0.1, 0.15) is 0 Å². The molecule has 2 amide bonds. The van der Waals surface area contributed by atoms with E-state index < -0.39 is 17.6 Å². The second-order valence-corrected chi connectivity index (χ2v) is 6.74. The van der Waals surface area contributed by atoms with Crippen LogP contribution in [-0.4, -0.2) is 29.8 Å². The lowest BCUT2D eigenvalue weighted by molar-refractivity contribution is -0.137. The SMILES string of the molecule is O=C1Nc2cc(C(F)(F)F)ccc2SC1=CC(=O)N1CCCCC1. The van der Waals surface area contributed by atoms with Crippen molar-refractivity contribution in [2.75, 3.05) is 18.4 Å². The molecule has 8 heteroatoms. The number of rotatable bonds is 1. The number of fused-ring (bicyclic) bond motifs is 1. The molecule has 3 rings (SSSR count). The first-order valence-electron chi connectivity index (χ1n) is 7.55. The van der Waals surface area contributed by atoms with Gasteiger partial charge in [-0.05, 0) is 37.5 Å². The predicted molar refractivity (Wildman–Crippen MR) is 84.4 cm³/mol. The Bertz CT molecular complexity index is 710. The van der Waals surface area contributed by atoms with Gasteiger partial charge in [-0.25, -0.2) is 0 Å². The second kappa shape index (κ2) is 6.51. The van der Waals surface area contributed by atoms with E-state index in [1.54, 1.807) is 4.90 Å². The van der Waals surface area contributed by atoms with Crippen molar-refractivity contribution in [3.05, 3.63) is 34.7 Å². The van der Waals surface area contributed by atoms with Crippen LogP contribution in [0, 0.1) is 0 Å². The molecule has 0 radical (unpaired) electrons. The first-order valence-corrected chi connectivity index (χ1v) is 8.37. The fourth-order valence-corrected chi connectivity index (χ4v) is 3.55. The number of anilines is 1. The molecule has 24 heavy (non-hydrogen) atoms. The third-order valence-corrected chi connectivity index (χ3v) is 5.02. The second-order valence-electron chi connectivity index (χ2n) is 5.66. The molecule has 2 aliphatic rings. The van der Waals surface area contributed by atoms with Crippen LogP contribution in [0.4, 0.5) is 18.9 Å². The standard InChI is InChI=1S/C16H15F3N2O2S/c17-16(18,19)10-4-5-12-11(8-10)20-15(23)13(24-12)9-14(22)21-6-2-1-3-7-21/h4-5,8-9H,1-3,6-7H2,(H,20,23). The van der Waals surface area contributed by atoms with Gasteiger partial charge in [0.05, 0.1) is 16.2 Å². The summed E-state index contributed by atoms with van der Waals surface area (Å²) in [6, 6.07) is 3.18. The van der Waals surface area contributed by atoms with Crippen molar-refractivity contribution in [2.24, 2.45) is 0 Å². The fourth-order valence-electron chi connectivity index (χ4n) is 2.65. The monoisotopic (exact) mass is 356 g/mol. The van der Waals surface area contributed by atoms with E-state index in [2.05, 4.69) is 5.32 Å². The zero-order chi connectivity index (χ0) is 17.3. The molecule has 0 unspecified atom stereocenters. The number of carbonyl (C=O) groups is 2. The quantitative estimate of drug-likeness (QED) is 0.782. The summed E-state index contributed by atoms with van der Waals surface area (Å²) < 4.78 is 38.2. The smallest absolute Gasteiger partial charge is 0.339 e. The van der Waals surface area contributed by atoms with Crippen molar-refractivity contribution in [3.63, 3.8) is 0 Å². The van der Waals surface area contributed by atoms with Gasteiger partial charge in [-0.1, -0.05) is 11.8 Å². The van der Waals surface area contributed by atoms with Gasteiger partial charge in [-0.15, -0.1) is 0 Å². The van der Waals surface area contributed by atoms with Gasteiger partial charge in [-0.2, -0.15) is 13.2 Å². The summed E-state index contributed by atoms with van der Waals surface area (Å²) in [7, 11) is 0. The Hall–Kier alpha value is -1.96. The first-order chi connectivity index (χ1) is 11.3. The summed E-state index contributed by atoms with van der Waals surface area (Å²) in [6.07, 6.45) is -0.226. The van der Waals surface area contributed by atoms with Gasteiger partial charge in [0.25, 0.3) is 5.91 Å². The zero-order valence-electron chi connectivity index (χ0n) is 12.7. The van der Waals surface area contributed by atoms with E-state index in [-0.39, 0.29) is 16.5 Å². The molecule has 1 fully saturated rings. The summed E-state index contributed by atoms with van der Waals surface area (Å²) in [5.41, 5.74) is -0.707. The molecular formula is C16H15F3N2O2S. The summed E-state index contributed by atoms with van der Waals surface area (Å²) in [6.45, 7) is 1.33. The van der Waals surface area contributed by atoms with Gasteiger partial charge >= 0.3 is 6.18 Å². The van der Waals surface area contributed by atoms with E-state index in [0.29, 0.717) is 18.0 Å². The number of thioether (sulfide) groups is 1. The molecule has 0 bridgehead atoms. The van der Waals surface area contributed by atoms with Crippen LogP contribution in [0.3, 0.4) is 0 Å². The summed E-state index contributed by atoms with van der Waals surface area (Å²) in [5, 5.41) is 2.43. The number of alkyl halides is 3. The van der Waals surface area contributed by atoms with Crippen LogP contribution in [0.2, 0.25) is 0 Å². The highest BCUT2D eigenvalue weighted by atomic mass is 32.2. The Morgan fingerprint density at radius 3 is 2.58 bits per heavy atom. The van der Waals surface area contributed by atoms with Crippen molar-refractivity contribution in [1.82, 2.24) is 4.90 Å². The minimum atomic E-state index is -4.47. The number of carbonyl (C=O) groups excluding carboxylic acids is 2. The summed E-state index contributed by atoms with van der Waals surface area (Å²) in [5.74, 6) is -0.792. The minimum absolute atomic E-state index is 0.113. The van der Waals surface area contributed by atoms with Crippen molar-refractivity contribution in [3.8, 4) is 0 Å². The maximum Gasteiger partial charge on any atom is 0.416 e. The highest BCUT2D eigenvalue weighted by molar-refractivity contribution is 8.04. The van der Waals surface area contributed by atoms with Gasteiger partial charge in [0.2, 0.25) is 5.91 Å². The molecule has 1 aromatic rings. The molecule has 0 atom stereocenters. The lowest BCUT2D eigenvalue weighted by Crippen LogP contribution is -2.35. The number of hydrogen-bond donors (Lipinski definition) is 1. The summed E-state index contributed by atoms with van der Waals surface area (Å²) in [4.78, 5) is 26.7. The van der Waals surface area contributed by atoms with E-state index >= 15 is 0 Å². The summed E-state index contributed by atoms with van der Waals surface area (Å²) >= 11 is 1.01. The Labute approximate surface area is 141 Å². The third-order valence-electron chi connectivity index (χ3n) is 3.92. The predicted octanol–water partition coefficient (Wildman–Crippen LogP) is 3.65. The van der Waals surface area contributed by atoms with E-state index in [4.69, 9.17) is 0 Å². The molecule has 0 spiro atoms. The van der Waals surface area contributed by atoms with Gasteiger partial charge in [0.15, 0.2) is 0 Å². The Morgan fingerprint density at radius 1 is 1.21 bits per heavy atom. The number of halogens is 3. The van der Waals surface area contributed by atoms with Crippen LogP contribution in [-0.2, 0) is 15.8 Å². The van der Waals surface area contributed by atoms with Gasteiger partial charge in [-0.3, -0.25) is 9.59 Å². The molecule has 4 nitrogen and oxygen atoms in total. The number of likely N-dealkylation sites (tertiary alicyclic amines) is 1. The number of amides is 2. The maximum atomic E-state index is 12.7. The zero-order valence-corrected chi connectivity index (χ0v) is 13.5. The molecular weight excluding hydrogens is 341 g/mol. The largest absolute Gasteiger partial charge is 0.416 e. The molecule has 2 heterocycles. The molecule has 1 N–H and O–H groups in total. The molecule has 1 saturated heterocycles. The van der Waals surface area contributed by atoms with Crippen LogP contribution < -0.4 is 5.32 Å². The Balaban J connectivity index is 1.80. The van der Waals surface area contributed by atoms with Crippen molar-refractivity contribution in [1.29, 1.82) is 0 Å². The normalized spacial score (nSPS) is 19.9. The third kappa shape index (κ3) is 3.58. The number of piperidine rings is 1. The van der Waals surface area contributed by atoms with Crippen LogP contribution in [0.5, 0.6) is 0 Å². The fraction of sp³-hybridized carbons (Fsp3) is 0.375. The van der Waals surface area contributed by atoms with Crippen molar-refractivity contribution >= 4 is 29.3 Å². The van der Waals surface area contributed by atoms with Gasteiger partial charge < -0.3 is 10.2 Å². The lowest BCUT2D eigenvalue weighted by atomic mass is 10.1. The first kappa shape index (κ1) is 16.9. The number of hydrogen-bond acceptors (Lipinski definition) is 3. The van der Waals surface area contributed by atoms with E-state index in [1.807, 2.05) is 0 Å². The Kier molecular flexibility index (Phi) is 4.58. The van der Waals surface area contributed by atoms with E-state index in [9.17, 15) is 22.8 Å². The number of nitrogens with zero attached hydrogens (tertiary/aromatic N) is 1. The molecule has 128 valence electrons. The van der Waals surface area contributed by atoms with Crippen LogP contribution in [0.15, 0.2) is 34.1 Å². The average Bonchev–Trinajstić information content (AvgIpc) is 2.55. The molecule has 1 aromatic carbocycles. The molecule has 0 aliphatic carbocycles. The maximum absolute atomic E-state index is 12.7. The molecule has 2 aliphatic heterocycles. The van der Waals surface area contributed by atoms with E-state index in [1.165, 1.54) is 12.1 Å². The highest BCUT2D eigenvalue weighted by Crippen LogP contribution is 2.41. The van der Waals surface area contributed by atoms with Crippen molar-refractivity contribution < 1.29 is 22.8 Å². The van der Waals surface area contributed by atoms with Crippen LogP contribution >= 0.6 is 11.8 Å². The van der Waals surface area contributed by atoms with Crippen LogP contribution in [0.25, 0.3) is 0 Å². The van der Waals surface area contributed by atoms with E-state index in [0.717, 1.165) is 43.2 Å². The van der Waals surface area contributed by atoms with Crippen LogP contribution in [0.1, 0.15) is 24.8 Å². The lowest BCUT2D eigenvalue weighted by Gasteiger charge is -2.26. The Morgan fingerprint density at radius 2 is 1.92 bits per heavy atom. The van der Waals surface area contributed by atoms with Gasteiger partial charge in [0, 0.05) is 24.1 Å². The molecule has 0 aromatic heterocycles.